The molecule has 1 aromatic carbocycles. The quantitative estimate of drug-likeness (QED) is 0.480. The van der Waals surface area contributed by atoms with Crippen molar-refractivity contribution in [1.29, 1.82) is 0 Å². The van der Waals surface area contributed by atoms with Crippen molar-refractivity contribution in [2.45, 2.75) is 6.92 Å². The Morgan fingerprint density at radius 3 is 2.62 bits per heavy atom. The first-order valence-electron chi connectivity index (χ1n) is 4.68. The second-order valence-corrected chi connectivity index (χ2v) is 3.09. The predicted octanol–water partition coefficient (Wildman–Crippen LogP) is 1.94. The second kappa shape index (κ2) is 5.11. The molecule has 0 bridgehead atoms. The number of methoxy groups -OCH3 is 1. The van der Waals surface area contributed by atoms with E-state index >= 15 is 0 Å². The van der Waals surface area contributed by atoms with Crippen LogP contribution in [0, 0.1) is 0 Å². The molecule has 0 spiro atoms. The Morgan fingerprint density at radius 1 is 1.38 bits per heavy atom. The van der Waals surface area contributed by atoms with Gasteiger partial charge in [0.05, 0.1) is 18.2 Å². The largest absolute Gasteiger partial charge is 0.507 e. The molecule has 0 aromatic heterocycles. The van der Waals surface area contributed by atoms with Crippen LogP contribution in [-0.2, 0) is 4.74 Å². The number of hydrogen-bond donors (Lipinski definition) is 1. The molecule has 0 saturated carbocycles. The minimum absolute atomic E-state index is 0.0843. The van der Waals surface area contributed by atoms with E-state index in [1.165, 1.54) is 31.4 Å². The van der Waals surface area contributed by atoms with Crippen molar-refractivity contribution in [2.24, 2.45) is 0 Å². The smallest absolute Gasteiger partial charge is 0.337 e. The lowest BCUT2D eigenvalue weighted by Crippen LogP contribution is -2.04. The summed E-state index contributed by atoms with van der Waals surface area (Å²) in [5.74, 6) is -1.06. The molecule has 0 radical (unpaired) electrons. The predicted molar refractivity (Wildman–Crippen MR) is 58.6 cm³/mol. The maximum Gasteiger partial charge on any atom is 0.337 e. The minimum Gasteiger partial charge on any atom is -0.507 e. The lowest BCUT2D eigenvalue weighted by Gasteiger charge is -2.03. The third-order valence-electron chi connectivity index (χ3n) is 2.00. The summed E-state index contributed by atoms with van der Waals surface area (Å²) in [6.07, 6.45) is 2.88. The third-order valence-corrected chi connectivity index (χ3v) is 2.00. The molecule has 0 amide bonds. The highest BCUT2D eigenvalue weighted by molar-refractivity contribution is 6.07. The Morgan fingerprint density at radius 2 is 2.06 bits per heavy atom. The van der Waals surface area contributed by atoms with Gasteiger partial charge in [-0.15, -0.1) is 0 Å². The number of carbonyl (C=O) groups is 2. The van der Waals surface area contributed by atoms with Gasteiger partial charge in [-0.2, -0.15) is 0 Å². The van der Waals surface area contributed by atoms with Crippen molar-refractivity contribution in [3.63, 3.8) is 0 Å². The molecule has 1 rings (SSSR count). The van der Waals surface area contributed by atoms with Crippen LogP contribution >= 0.6 is 0 Å². The second-order valence-electron chi connectivity index (χ2n) is 3.09. The van der Waals surface area contributed by atoms with Gasteiger partial charge in [-0.25, -0.2) is 4.79 Å². The molecular weight excluding hydrogens is 208 g/mol. The number of aromatic hydroxyl groups is 1. The highest BCUT2D eigenvalue weighted by Crippen LogP contribution is 2.20. The fraction of sp³-hybridized carbons (Fsp3) is 0.167. The summed E-state index contributed by atoms with van der Waals surface area (Å²) in [6.45, 7) is 1.69. The molecule has 0 unspecified atom stereocenters. The number of allylic oxidation sites excluding steroid dienone is 2. The van der Waals surface area contributed by atoms with Gasteiger partial charge in [-0.1, -0.05) is 6.08 Å². The maximum absolute atomic E-state index is 11.5. The normalized spacial score (nSPS) is 10.4. The van der Waals surface area contributed by atoms with Gasteiger partial charge in [0.2, 0.25) is 0 Å². The van der Waals surface area contributed by atoms with E-state index in [0.717, 1.165) is 0 Å². The Bertz CT molecular complexity index is 446. The number of benzene rings is 1. The van der Waals surface area contributed by atoms with Gasteiger partial charge >= 0.3 is 5.97 Å². The molecular formula is C12H12O4. The Hall–Kier alpha value is -2.10. The SMILES string of the molecule is C/C=C\C(=O)c1cc(C(=O)OC)ccc1O. The number of ether oxygens (including phenoxy) is 1. The first-order chi connectivity index (χ1) is 7.60. The van der Waals surface area contributed by atoms with Crippen molar-refractivity contribution in [3.05, 3.63) is 41.5 Å². The summed E-state index contributed by atoms with van der Waals surface area (Å²) < 4.78 is 4.52. The molecule has 0 aliphatic carbocycles. The van der Waals surface area contributed by atoms with Crippen LogP contribution in [0.25, 0.3) is 0 Å². The Labute approximate surface area is 93.2 Å². The number of esters is 1. The molecule has 0 aliphatic heterocycles. The Balaban J connectivity index is 3.18. The van der Waals surface area contributed by atoms with Gasteiger partial charge < -0.3 is 9.84 Å². The van der Waals surface area contributed by atoms with E-state index in [9.17, 15) is 14.7 Å². The van der Waals surface area contributed by atoms with E-state index in [1.807, 2.05) is 0 Å². The monoisotopic (exact) mass is 220 g/mol. The fourth-order valence-electron chi connectivity index (χ4n) is 1.22. The first kappa shape index (κ1) is 12.0. The molecule has 0 heterocycles. The van der Waals surface area contributed by atoms with Crippen LogP contribution in [0.5, 0.6) is 5.75 Å². The van der Waals surface area contributed by atoms with Crippen LogP contribution < -0.4 is 0 Å². The van der Waals surface area contributed by atoms with Gasteiger partial charge in [0.1, 0.15) is 5.75 Å². The highest BCUT2D eigenvalue weighted by Gasteiger charge is 2.13. The maximum atomic E-state index is 11.5. The van der Waals surface area contributed by atoms with Crippen molar-refractivity contribution in [1.82, 2.24) is 0 Å². The van der Waals surface area contributed by atoms with E-state index in [-0.39, 0.29) is 22.7 Å². The number of ketones is 1. The molecule has 1 N–H and O–H groups in total. The number of hydrogen-bond acceptors (Lipinski definition) is 4. The summed E-state index contributed by atoms with van der Waals surface area (Å²) in [5, 5.41) is 9.48. The Kier molecular flexibility index (Phi) is 3.83. The van der Waals surface area contributed by atoms with Crippen LogP contribution in [0.15, 0.2) is 30.4 Å². The zero-order valence-corrected chi connectivity index (χ0v) is 9.06. The van der Waals surface area contributed by atoms with Gasteiger partial charge in [-0.05, 0) is 31.2 Å². The van der Waals surface area contributed by atoms with E-state index in [1.54, 1.807) is 13.0 Å². The van der Waals surface area contributed by atoms with Crippen LogP contribution in [0.1, 0.15) is 27.6 Å². The zero-order chi connectivity index (χ0) is 12.1. The molecule has 4 heteroatoms. The average Bonchev–Trinajstić information content (AvgIpc) is 2.29. The van der Waals surface area contributed by atoms with Crippen molar-refractivity contribution in [3.8, 4) is 5.75 Å². The van der Waals surface area contributed by atoms with Crippen molar-refractivity contribution >= 4 is 11.8 Å². The van der Waals surface area contributed by atoms with Crippen molar-refractivity contribution in [2.75, 3.05) is 7.11 Å². The number of phenolic OH excluding ortho intramolecular Hbond substituents is 1. The lowest BCUT2D eigenvalue weighted by molar-refractivity contribution is 0.0600. The summed E-state index contributed by atoms with van der Waals surface area (Å²) in [6, 6.07) is 4.00. The molecule has 84 valence electrons. The number of carbonyl (C=O) groups excluding carboxylic acids is 2. The molecule has 16 heavy (non-hydrogen) atoms. The van der Waals surface area contributed by atoms with Gasteiger partial charge in [-0.3, -0.25) is 4.79 Å². The molecule has 1 aromatic rings. The van der Waals surface area contributed by atoms with Crippen molar-refractivity contribution < 1.29 is 19.4 Å². The topological polar surface area (TPSA) is 63.6 Å². The van der Waals surface area contributed by atoms with E-state index in [4.69, 9.17) is 0 Å². The summed E-state index contributed by atoms with van der Waals surface area (Å²) in [4.78, 5) is 22.8. The van der Waals surface area contributed by atoms with Gasteiger partial charge in [0, 0.05) is 0 Å². The zero-order valence-electron chi connectivity index (χ0n) is 9.06. The average molecular weight is 220 g/mol. The molecule has 4 nitrogen and oxygen atoms in total. The molecule has 0 atom stereocenters. The first-order valence-corrected chi connectivity index (χ1v) is 4.68. The van der Waals surface area contributed by atoms with Gasteiger partial charge in [0.15, 0.2) is 5.78 Å². The van der Waals surface area contributed by atoms with E-state index < -0.39 is 5.97 Å². The third kappa shape index (κ3) is 2.48. The summed E-state index contributed by atoms with van der Waals surface area (Å²) in [7, 11) is 1.25. The molecule has 0 aliphatic rings. The van der Waals surface area contributed by atoms with Gasteiger partial charge in [0.25, 0.3) is 0 Å². The van der Waals surface area contributed by atoms with Crippen LogP contribution in [0.4, 0.5) is 0 Å². The fourth-order valence-corrected chi connectivity index (χ4v) is 1.22. The molecule has 0 saturated heterocycles. The van der Waals surface area contributed by atoms with E-state index in [0.29, 0.717) is 0 Å². The number of phenols is 1. The summed E-state index contributed by atoms with van der Waals surface area (Å²) in [5.41, 5.74) is 0.314. The van der Waals surface area contributed by atoms with Crippen LogP contribution in [0.3, 0.4) is 0 Å². The van der Waals surface area contributed by atoms with E-state index in [2.05, 4.69) is 4.74 Å². The standard InChI is InChI=1S/C12H12O4/c1-3-4-10(13)9-7-8(12(15)16-2)5-6-11(9)14/h3-7,14H,1-2H3/b4-3-. The lowest BCUT2D eigenvalue weighted by atomic mass is 10.1. The minimum atomic E-state index is -0.547. The highest BCUT2D eigenvalue weighted by atomic mass is 16.5. The number of rotatable bonds is 3. The summed E-state index contributed by atoms with van der Waals surface area (Å²) >= 11 is 0. The van der Waals surface area contributed by atoms with Crippen LogP contribution in [-0.4, -0.2) is 24.0 Å². The van der Waals surface area contributed by atoms with Crippen LogP contribution in [0.2, 0.25) is 0 Å². The molecule has 0 fully saturated rings.